The van der Waals surface area contributed by atoms with Gasteiger partial charge in [-0.1, -0.05) is 42.5 Å². The maximum atomic E-state index is 4.54. The maximum absolute atomic E-state index is 4.54. The smallest absolute Gasteiger partial charge is 0.193 e. The number of guanidine groups is 1. The van der Waals surface area contributed by atoms with Gasteiger partial charge in [0.25, 0.3) is 0 Å². The van der Waals surface area contributed by atoms with E-state index >= 15 is 0 Å². The third-order valence-electron chi connectivity index (χ3n) is 6.07. The Kier molecular flexibility index (Phi) is 11.1. The first-order chi connectivity index (χ1) is 14.2. The summed E-state index contributed by atoms with van der Waals surface area (Å²) in [5.41, 5.74) is 1.27. The zero-order valence-corrected chi connectivity index (χ0v) is 21.2. The number of likely N-dealkylation sites (N-methyl/N-ethyl adjacent to an activating group) is 1. The summed E-state index contributed by atoms with van der Waals surface area (Å²) in [5, 5.41) is 3.62. The number of benzene rings is 1. The lowest BCUT2D eigenvalue weighted by atomic mass is 10.2. The molecule has 0 aromatic heterocycles. The third kappa shape index (κ3) is 7.83. The lowest BCUT2D eigenvalue weighted by molar-refractivity contribution is 0.119. The van der Waals surface area contributed by atoms with E-state index < -0.39 is 0 Å². The Bertz CT molecular complexity index is 649. The van der Waals surface area contributed by atoms with Crippen molar-refractivity contribution in [2.24, 2.45) is 4.99 Å². The molecular formula is C23H39IN6. The second-order valence-corrected chi connectivity index (χ2v) is 8.22. The van der Waals surface area contributed by atoms with Crippen LogP contribution < -0.4 is 5.32 Å². The minimum Gasteiger partial charge on any atom is -0.355 e. The summed E-state index contributed by atoms with van der Waals surface area (Å²) in [6.45, 7) is 13.2. The highest BCUT2D eigenvalue weighted by Gasteiger charge is 2.22. The van der Waals surface area contributed by atoms with E-state index in [1.54, 1.807) is 0 Å². The van der Waals surface area contributed by atoms with Crippen molar-refractivity contribution in [3.63, 3.8) is 0 Å². The highest BCUT2D eigenvalue weighted by Crippen LogP contribution is 2.07. The van der Waals surface area contributed by atoms with Crippen LogP contribution in [0.5, 0.6) is 0 Å². The van der Waals surface area contributed by atoms with E-state index in [0.29, 0.717) is 6.04 Å². The van der Waals surface area contributed by atoms with Gasteiger partial charge in [0, 0.05) is 78.5 Å². The molecule has 0 spiro atoms. The summed E-state index contributed by atoms with van der Waals surface area (Å²) in [6, 6.07) is 11.1. The number of hydrogen-bond acceptors (Lipinski definition) is 4. The molecule has 1 atom stereocenters. The summed E-state index contributed by atoms with van der Waals surface area (Å²) in [4.78, 5) is 14.4. The fourth-order valence-electron chi connectivity index (χ4n) is 4.01. The summed E-state index contributed by atoms with van der Waals surface area (Å²) in [5.74, 6) is 1.05. The van der Waals surface area contributed by atoms with Crippen LogP contribution in [-0.2, 0) is 0 Å². The first-order valence-electron chi connectivity index (χ1n) is 11.0. The molecule has 1 aromatic rings. The van der Waals surface area contributed by atoms with Crippen LogP contribution in [0.15, 0.2) is 41.4 Å². The number of aliphatic imine (C=N–C) groups is 1. The predicted molar refractivity (Wildman–Crippen MR) is 139 cm³/mol. The average molecular weight is 527 g/mol. The van der Waals surface area contributed by atoms with E-state index in [2.05, 4.69) is 86.4 Å². The number of hydrogen-bond donors (Lipinski definition) is 1. The van der Waals surface area contributed by atoms with Crippen LogP contribution in [0.25, 0.3) is 6.08 Å². The molecule has 1 N–H and O–H groups in total. The molecule has 0 amide bonds. The molecule has 0 radical (unpaired) electrons. The molecule has 3 rings (SSSR count). The standard InChI is InChI=1S/C23H38N6.HI/c1-21(28-16-12-26(3)13-17-28)20-25-23(24-2)29-18-14-27(15-19-29)11-7-10-22-8-5-4-6-9-22;/h4-10,21H,11-20H2,1-3H3,(H,24,25);1H. The van der Waals surface area contributed by atoms with Gasteiger partial charge in [-0.15, -0.1) is 24.0 Å². The van der Waals surface area contributed by atoms with Gasteiger partial charge in [-0.2, -0.15) is 0 Å². The minimum atomic E-state index is 0. The molecule has 2 aliphatic rings. The highest BCUT2D eigenvalue weighted by atomic mass is 127. The van der Waals surface area contributed by atoms with Gasteiger partial charge < -0.3 is 15.1 Å². The van der Waals surface area contributed by atoms with Crippen molar-refractivity contribution in [2.75, 3.05) is 79.5 Å². The molecule has 2 fully saturated rings. The highest BCUT2D eigenvalue weighted by molar-refractivity contribution is 14.0. The van der Waals surface area contributed by atoms with Crippen LogP contribution in [-0.4, -0.2) is 111 Å². The van der Waals surface area contributed by atoms with Crippen LogP contribution in [0.1, 0.15) is 12.5 Å². The lowest BCUT2D eigenvalue weighted by Gasteiger charge is -2.38. The number of rotatable bonds is 6. The van der Waals surface area contributed by atoms with Gasteiger partial charge in [-0.25, -0.2) is 0 Å². The largest absolute Gasteiger partial charge is 0.355 e. The van der Waals surface area contributed by atoms with Gasteiger partial charge in [0.05, 0.1) is 0 Å². The topological polar surface area (TPSA) is 37.4 Å². The third-order valence-corrected chi connectivity index (χ3v) is 6.07. The normalized spacial score (nSPS) is 20.9. The zero-order valence-electron chi connectivity index (χ0n) is 18.8. The van der Waals surface area contributed by atoms with Gasteiger partial charge in [0.1, 0.15) is 0 Å². The summed E-state index contributed by atoms with van der Waals surface area (Å²) in [6.07, 6.45) is 4.49. The van der Waals surface area contributed by atoms with Crippen molar-refractivity contribution >= 4 is 36.0 Å². The first-order valence-corrected chi connectivity index (χ1v) is 11.0. The van der Waals surface area contributed by atoms with Crippen LogP contribution in [0.2, 0.25) is 0 Å². The quantitative estimate of drug-likeness (QED) is 0.350. The Morgan fingerprint density at radius 3 is 2.33 bits per heavy atom. The zero-order chi connectivity index (χ0) is 20.5. The van der Waals surface area contributed by atoms with Gasteiger partial charge in [0.2, 0.25) is 0 Å². The average Bonchev–Trinajstić information content (AvgIpc) is 2.76. The summed E-state index contributed by atoms with van der Waals surface area (Å²) >= 11 is 0. The van der Waals surface area contributed by atoms with E-state index in [0.717, 1.165) is 58.3 Å². The summed E-state index contributed by atoms with van der Waals surface area (Å²) < 4.78 is 0. The van der Waals surface area contributed by atoms with E-state index in [1.807, 2.05) is 7.05 Å². The van der Waals surface area contributed by atoms with Crippen molar-refractivity contribution in [3.05, 3.63) is 42.0 Å². The Morgan fingerprint density at radius 1 is 1.03 bits per heavy atom. The molecular weight excluding hydrogens is 487 g/mol. The van der Waals surface area contributed by atoms with E-state index in [4.69, 9.17) is 0 Å². The Morgan fingerprint density at radius 2 is 1.70 bits per heavy atom. The van der Waals surface area contributed by atoms with Gasteiger partial charge >= 0.3 is 0 Å². The van der Waals surface area contributed by atoms with E-state index in [1.165, 1.54) is 18.7 Å². The minimum absolute atomic E-state index is 0. The van der Waals surface area contributed by atoms with Crippen molar-refractivity contribution in [3.8, 4) is 0 Å². The van der Waals surface area contributed by atoms with Crippen molar-refractivity contribution in [2.45, 2.75) is 13.0 Å². The monoisotopic (exact) mass is 526 g/mol. The van der Waals surface area contributed by atoms with Gasteiger partial charge in [-0.05, 0) is 19.5 Å². The van der Waals surface area contributed by atoms with Crippen LogP contribution in [0, 0.1) is 0 Å². The molecule has 0 bridgehead atoms. The number of nitrogens with zero attached hydrogens (tertiary/aromatic N) is 5. The predicted octanol–water partition coefficient (Wildman–Crippen LogP) is 2.15. The molecule has 1 unspecified atom stereocenters. The van der Waals surface area contributed by atoms with Crippen molar-refractivity contribution < 1.29 is 0 Å². The van der Waals surface area contributed by atoms with Crippen LogP contribution in [0.3, 0.4) is 0 Å². The van der Waals surface area contributed by atoms with E-state index in [9.17, 15) is 0 Å². The molecule has 2 heterocycles. The first kappa shape index (κ1) is 25.1. The summed E-state index contributed by atoms with van der Waals surface area (Å²) in [7, 11) is 4.11. The van der Waals surface area contributed by atoms with Crippen molar-refractivity contribution in [1.29, 1.82) is 0 Å². The molecule has 2 saturated heterocycles. The molecule has 30 heavy (non-hydrogen) atoms. The maximum Gasteiger partial charge on any atom is 0.193 e. The molecule has 6 nitrogen and oxygen atoms in total. The van der Waals surface area contributed by atoms with Gasteiger partial charge in [0.15, 0.2) is 5.96 Å². The molecule has 0 aliphatic carbocycles. The fourth-order valence-corrected chi connectivity index (χ4v) is 4.01. The molecule has 168 valence electrons. The Labute approximate surface area is 200 Å². The fraction of sp³-hybridized carbons (Fsp3) is 0.609. The second kappa shape index (κ2) is 13.3. The molecule has 1 aromatic carbocycles. The molecule has 7 heteroatoms. The van der Waals surface area contributed by atoms with Crippen LogP contribution in [0.4, 0.5) is 0 Å². The number of nitrogens with one attached hydrogen (secondary N) is 1. The Hall–Kier alpha value is -1.16. The SMILES string of the molecule is CN=C(NCC(C)N1CCN(C)CC1)N1CCN(CC=Cc2ccccc2)CC1.I. The second-order valence-electron chi connectivity index (χ2n) is 8.22. The number of halogens is 1. The number of piperazine rings is 2. The van der Waals surface area contributed by atoms with E-state index in [-0.39, 0.29) is 24.0 Å². The lowest BCUT2D eigenvalue weighted by Crippen LogP contribution is -2.55. The molecule has 2 aliphatic heterocycles. The van der Waals surface area contributed by atoms with Gasteiger partial charge in [-0.3, -0.25) is 14.8 Å². The van der Waals surface area contributed by atoms with Crippen molar-refractivity contribution in [1.82, 2.24) is 24.9 Å². The molecule has 0 saturated carbocycles. The van der Waals surface area contributed by atoms with Crippen LogP contribution >= 0.6 is 24.0 Å². The Balaban J connectivity index is 0.00000320.